The molecule has 1 aromatic carbocycles. The van der Waals surface area contributed by atoms with Crippen LogP contribution >= 0.6 is 11.6 Å². The van der Waals surface area contributed by atoms with Crippen molar-refractivity contribution in [1.29, 1.82) is 5.26 Å². The van der Waals surface area contributed by atoms with E-state index in [1.165, 1.54) is 0 Å². The van der Waals surface area contributed by atoms with E-state index in [-0.39, 0.29) is 0 Å². The van der Waals surface area contributed by atoms with E-state index >= 15 is 0 Å². The maximum absolute atomic E-state index is 8.79. The third-order valence-corrected chi connectivity index (χ3v) is 2.36. The highest BCUT2D eigenvalue weighted by molar-refractivity contribution is 6.29. The van der Waals surface area contributed by atoms with E-state index in [4.69, 9.17) is 22.6 Å². The summed E-state index contributed by atoms with van der Waals surface area (Å²) in [6.45, 7) is 0. The third kappa shape index (κ3) is 2.65. The first-order valence-electron chi connectivity index (χ1n) is 4.88. The van der Waals surface area contributed by atoms with Gasteiger partial charge in [0, 0.05) is 5.69 Å². The van der Waals surface area contributed by atoms with Crippen molar-refractivity contribution in [2.75, 3.05) is 11.1 Å². The molecule has 1 aromatic heterocycles. The number of pyridine rings is 1. The van der Waals surface area contributed by atoms with Gasteiger partial charge in [0.2, 0.25) is 0 Å². The standard InChI is InChI=1S/C12H9ClN4/c13-11-5-4-10(15)12(17-11)16-9-3-1-2-8(6-9)7-14/h1-6H,15H2,(H,16,17). The highest BCUT2D eigenvalue weighted by Gasteiger charge is 2.03. The van der Waals surface area contributed by atoms with Crippen molar-refractivity contribution in [1.82, 2.24) is 4.98 Å². The minimum atomic E-state index is 0.359. The molecule has 2 rings (SSSR count). The quantitative estimate of drug-likeness (QED) is 0.797. The Kier molecular flexibility index (Phi) is 3.12. The number of nitrogens with zero attached hydrogens (tertiary/aromatic N) is 2. The van der Waals surface area contributed by atoms with Crippen molar-refractivity contribution in [2.24, 2.45) is 0 Å². The number of nitrogen functional groups attached to an aromatic ring is 1. The van der Waals surface area contributed by atoms with Gasteiger partial charge in [-0.25, -0.2) is 4.98 Å². The first kappa shape index (κ1) is 11.2. The number of aromatic nitrogens is 1. The number of halogens is 1. The van der Waals surface area contributed by atoms with E-state index in [9.17, 15) is 0 Å². The number of hydrogen-bond donors (Lipinski definition) is 2. The average Bonchev–Trinajstić information content (AvgIpc) is 2.34. The summed E-state index contributed by atoms with van der Waals surface area (Å²) in [5, 5.41) is 12.2. The van der Waals surface area contributed by atoms with E-state index in [1.54, 1.807) is 30.3 Å². The Balaban J connectivity index is 2.31. The largest absolute Gasteiger partial charge is 0.396 e. The fourth-order valence-corrected chi connectivity index (χ4v) is 1.50. The normalized spacial score (nSPS) is 9.65. The fraction of sp³-hybridized carbons (Fsp3) is 0. The number of anilines is 3. The lowest BCUT2D eigenvalue weighted by molar-refractivity contribution is 1.31. The molecule has 0 aliphatic heterocycles. The van der Waals surface area contributed by atoms with Crippen LogP contribution in [0, 0.1) is 11.3 Å². The lowest BCUT2D eigenvalue weighted by atomic mass is 10.2. The van der Waals surface area contributed by atoms with Gasteiger partial charge in [0.25, 0.3) is 0 Å². The van der Waals surface area contributed by atoms with Gasteiger partial charge in [0.05, 0.1) is 17.3 Å². The molecule has 17 heavy (non-hydrogen) atoms. The Morgan fingerprint density at radius 3 is 2.88 bits per heavy atom. The number of nitriles is 1. The van der Waals surface area contributed by atoms with Gasteiger partial charge in [-0.3, -0.25) is 0 Å². The van der Waals surface area contributed by atoms with Gasteiger partial charge in [-0.1, -0.05) is 17.7 Å². The predicted molar refractivity (Wildman–Crippen MR) is 68.1 cm³/mol. The van der Waals surface area contributed by atoms with Gasteiger partial charge in [0.1, 0.15) is 5.15 Å². The second-order valence-electron chi connectivity index (χ2n) is 3.39. The second-order valence-corrected chi connectivity index (χ2v) is 3.78. The van der Waals surface area contributed by atoms with Crippen LogP contribution in [0.5, 0.6) is 0 Å². The van der Waals surface area contributed by atoms with Crippen LogP contribution in [-0.4, -0.2) is 4.98 Å². The molecular weight excluding hydrogens is 236 g/mol. The monoisotopic (exact) mass is 244 g/mol. The molecule has 0 atom stereocenters. The average molecular weight is 245 g/mol. The van der Waals surface area contributed by atoms with Crippen molar-refractivity contribution in [2.45, 2.75) is 0 Å². The Morgan fingerprint density at radius 1 is 1.29 bits per heavy atom. The van der Waals surface area contributed by atoms with E-state index in [0.717, 1.165) is 5.69 Å². The fourth-order valence-electron chi connectivity index (χ4n) is 1.35. The van der Waals surface area contributed by atoms with Gasteiger partial charge in [0.15, 0.2) is 5.82 Å². The summed E-state index contributed by atoms with van der Waals surface area (Å²) in [6, 6.07) is 12.4. The molecule has 84 valence electrons. The first-order valence-corrected chi connectivity index (χ1v) is 5.26. The summed E-state index contributed by atoms with van der Waals surface area (Å²) in [5.74, 6) is 0.479. The summed E-state index contributed by atoms with van der Waals surface area (Å²) >= 11 is 5.78. The number of hydrogen-bond acceptors (Lipinski definition) is 4. The van der Waals surface area contributed by atoms with Crippen LogP contribution in [0.3, 0.4) is 0 Å². The molecule has 2 aromatic rings. The predicted octanol–water partition coefficient (Wildman–Crippen LogP) is 2.93. The summed E-state index contributed by atoms with van der Waals surface area (Å²) in [7, 11) is 0. The molecule has 0 aliphatic rings. The van der Waals surface area contributed by atoms with Crippen LogP contribution in [0.15, 0.2) is 36.4 Å². The Hall–Kier alpha value is -2.25. The minimum Gasteiger partial charge on any atom is -0.396 e. The summed E-state index contributed by atoms with van der Waals surface area (Å²) in [4.78, 5) is 4.07. The molecule has 0 unspecified atom stereocenters. The maximum Gasteiger partial charge on any atom is 0.155 e. The molecule has 5 heteroatoms. The maximum atomic E-state index is 8.79. The molecule has 0 radical (unpaired) electrons. The van der Waals surface area contributed by atoms with Crippen molar-refractivity contribution in [3.05, 3.63) is 47.1 Å². The van der Waals surface area contributed by atoms with Crippen LogP contribution in [0.1, 0.15) is 5.56 Å². The van der Waals surface area contributed by atoms with Crippen LogP contribution in [0.4, 0.5) is 17.2 Å². The SMILES string of the molecule is N#Cc1cccc(Nc2nc(Cl)ccc2N)c1. The minimum absolute atomic E-state index is 0.359. The van der Waals surface area contributed by atoms with Crippen LogP contribution < -0.4 is 11.1 Å². The Bertz CT molecular complexity index is 589. The molecule has 0 bridgehead atoms. The lowest BCUT2D eigenvalue weighted by Gasteiger charge is -2.08. The highest BCUT2D eigenvalue weighted by Crippen LogP contribution is 2.23. The molecule has 0 amide bonds. The number of benzene rings is 1. The molecule has 0 saturated carbocycles. The Labute approximate surface area is 104 Å². The van der Waals surface area contributed by atoms with Crippen molar-refractivity contribution >= 4 is 28.8 Å². The zero-order valence-corrected chi connectivity index (χ0v) is 9.57. The van der Waals surface area contributed by atoms with Gasteiger partial charge >= 0.3 is 0 Å². The second kappa shape index (κ2) is 4.73. The number of nitrogens with one attached hydrogen (secondary N) is 1. The number of rotatable bonds is 2. The lowest BCUT2D eigenvalue weighted by Crippen LogP contribution is -1.99. The molecule has 0 aliphatic carbocycles. The molecular formula is C12H9ClN4. The van der Waals surface area contributed by atoms with Crippen LogP contribution in [0.2, 0.25) is 5.15 Å². The smallest absolute Gasteiger partial charge is 0.155 e. The molecule has 0 spiro atoms. The molecule has 0 saturated heterocycles. The van der Waals surface area contributed by atoms with E-state index in [0.29, 0.717) is 22.2 Å². The summed E-state index contributed by atoms with van der Waals surface area (Å²) in [5.41, 5.74) is 7.56. The summed E-state index contributed by atoms with van der Waals surface area (Å²) in [6.07, 6.45) is 0. The Morgan fingerprint density at radius 2 is 2.12 bits per heavy atom. The molecule has 4 nitrogen and oxygen atoms in total. The van der Waals surface area contributed by atoms with E-state index in [1.807, 2.05) is 6.07 Å². The molecule has 0 fully saturated rings. The zero-order valence-electron chi connectivity index (χ0n) is 8.81. The van der Waals surface area contributed by atoms with Crippen molar-refractivity contribution in [3.63, 3.8) is 0 Å². The van der Waals surface area contributed by atoms with Gasteiger partial charge in [-0.15, -0.1) is 0 Å². The summed E-state index contributed by atoms with van der Waals surface area (Å²) < 4.78 is 0. The van der Waals surface area contributed by atoms with Crippen molar-refractivity contribution in [3.8, 4) is 6.07 Å². The number of nitrogens with two attached hydrogens (primary N) is 1. The molecule has 3 N–H and O–H groups in total. The van der Waals surface area contributed by atoms with Gasteiger partial charge in [-0.05, 0) is 30.3 Å². The van der Waals surface area contributed by atoms with Gasteiger partial charge in [-0.2, -0.15) is 5.26 Å². The van der Waals surface area contributed by atoms with Crippen LogP contribution in [0.25, 0.3) is 0 Å². The van der Waals surface area contributed by atoms with Crippen molar-refractivity contribution < 1.29 is 0 Å². The van der Waals surface area contributed by atoms with E-state index < -0.39 is 0 Å². The first-order chi connectivity index (χ1) is 8.19. The van der Waals surface area contributed by atoms with Gasteiger partial charge < -0.3 is 11.1 Å². The topological polar surface area (TPSA) is 74.7 Å². The van der Waals surface area contributed by atoms with E-state index in [2.05, 4.69) is 16.4 Å². The highest BCUT2D eigenvalue weighted by atomic mass is 35.5. The molecule has 1 heterocycles. The third-order valence-electron chi connectivity index (χ3n) is 2.15. The zero-order chi connectivity index (χ0) is 12.3. The van der Waals surface area contributed by atoms with Crippen LogP contribution in [-0.2, 0) is 0 Å².